The van der Waals surface area contributed by atoms with Crippen molar-refractivity contribution in [2.45, 2.75) is 24.1 Å². The second-order valence-electron chi connectivity index (χ2n) is 3.33. The van der Waals surface area contributed by atoms with Crippen LogP contribution in [0, 0.1) is 11.3 Å². The van der Waals surface area contributed by atoms with E-state index in [1.54, 1.807) is 6.92 Å². The molecule has 0 aromatic carbocycles. The van der Waals surface area contributed by atoms with Crippen molar-refractivity contribution in [3.63, 3.8) is 0 Å². The molecule has 1 aromatic rings. The molecule has 1 N–H and O–H groups in total. The number of ether oxygens (including phenoxy) is 1. The first-order valence-corrected chi connectivity index (χ1v) is 7.39. The van der Waals surface area contributed by atoms with Gasteiger partial charge in [-0.15, -0.1) is 11.3 Å². The van der Waals surface area contributed by atoms with E-state index in [9.17, 15) is 13.2 Å². The highest BCUT2D eigenvalue weighted by Gasteiger charge is 2.24. The van der Waals surface area contributed by atoms with Crippen LogP contribution in [0.1, 0.15) is 18.7 Å². The van der Waals surface area contributed by atoms with E-state index in [0.717, 1.165) is 11.3 Å². The van der Waals surface area contributed by atoms with Crippen molar-refractivity contribution in [3.05, 3.63) is 17.0 Å². The van der Waals surface area contributed by atoms with E-state index in [2.05, 4.69) is 4.72 Å². The number of esters is 1. The maximum atomic E-state index is 11.9. The molecule has 0 bridgehead atoms. The van der Waals surface area contributed by atoms with Crippen LogP contribution < -0.4 is 4.72 Å². The van der Waals surface area contributed by atoms with Gasteiger partial charge in [-0.1, -0.05) is 0 Å². The molecule has 0 aliphatic rings. The monoisotopic (exact) mass is 288 g/mol. The van der Waals surface area contributed by atoms with Crippen molar-refractivity contribution in [2.75, 3.05) is 6.61 Å². The topological polar surface area (TPSA) is 96.3 Å². The average Bonchev–Trinajstić information content (AvgIpc) is 2.78. The Balaban J connectivity index is 2.83. The number of nitrogens with zero attached hydrogens (tertiary/aromatic N) is 1. The normalized spacial score (nSPS) is 12.7. The van der Waals surface area contributed by atoms with Crippen LogP contribution in [0.25, 0.3) is 0 Å². The Bertz CT molecular complexity index is 571. The van der Waals surface area contributed by atoms with Gasteiger partial charge in [-0.3, -0.25) is 4.79 Å². The highest BCUT2D eigenvalue weighted by atomic mass is 32.2. The highest BCUT2D eigenvalue weighted by molar-refractivity contribution is 7.91. The van der Waals surface area contributed by atoms with E-state index in [1.165, 1.54) is 19.1 Å². The van der Waals surface area contributed by atoms with E-state index < -0.39 is 22.0 Å². The smallest absolute Gasteiger partial charge is 0.323 e. The number of hydrogen-bond donors (Lipinski definition) is 1. The molecule has 1 rings (SSSR count). The lowest BCUT2D eigenvalue weighted by Gasteiger charge is -2.11. The van der Waals surface area contributed by atoms with E-state index in [-0.39, 0.29) is 10.8 Å². The Morgan fingerprint density at radius 1 is 1.61 bits per heavy atom. The van der Waals surface area contributed by atoms with Crippen LogP contribution in [0.4, 0.5) is 0 Å². The molecule has 0 spiro atoms. The van der Waals surface area contributed by atoms with Crippen LogP contribution >= 0.6 is 11.3 Å². The van der Waals surface area contributed by atoms with Crippen molar-refractivity contribution < 1.29 is 17.9 Å². The Kier molecular flexibility index (Phi) is 4.84. The van der Waals surface area contributed by atoms with Gasteiger partial charge < -0.3 is 4.74 Å². The second kappa shape index (κ2) is 5.95. The molecule has 98 valence electrons. The first-order valence-electron chi connectivity index (χ1n) is 5.09. The maximum absolute atomic E-state index is 11.9. The van der Waals surface area contributed by atoms with Gasteiger partial charge in [0.05, 0.1) is 6.61 Å². The van der Waals surface area contributed by atoms with E-state index >= 15 is 0 Å². The van der Waals surface area contributed by atoms with Gasteiger partial charge in [-0.2, -0.15) is 9.98 Å². The summed E-state index contributed by atoms with van der Waals surface area (Å²) in [6.45, 7) is 3.22. The number of nitrogens with one attached hydrogen (secondary N) is 1. The van der Waals surface area contributed by atoms with E-state index in [1.807, 2.05) is 6.07 Å². The lowest BCUT2D eigenvalue weighted by atomic mass is 10.4. The molecule has 18 heavy (non-hydrogen) atoms. The minimum atomic E-state index is -3.80. The summed E-state index contributed by atoms with van der Waals surface area (Å²) in [7, 11) is -3.80. The van der Waals surface area contributed by atoms with Crippen molar-refractivity contribution in [2.24, 2.45) is 0 Å². The molecule has 8 heteroatoms. The first kappa shape index (κ1) is 14.6. The van der Waals surface area contributed by atoms with Gasteiger partial charge in [-0.25, -0.2) is 8.42 Å². The van der Waals surface area contributed by atoms with Gasteiger partial charge in [0.1, 0.15) is 21.2 Å². The average molecular weight is 288 g/mol. The second-order valence-corrected chi connectivity index (χ2v) is 6.35. The minimum absolute atomic E-state index is 0.00445. The number of thiophene rings is 1. The van der Waals surface area contributed by atoms with Gasteiger partial charge in [-0.05, 0) is 26.0 Å². The predicted octanol–water partition coefficient (Wildman–Crippen LogP) is 0.850. The quantitative estimate of drug-likeness (QED) is 0.810. The summed E-state index contributed by atoms with van der Waals surface area (Å²) in [5.41, 5.74) is 0. The fourth-order valence-corrected chi connectivity index (χ4v) is 3.44. The Morgan fingerprint density at radius 3 is 2.78 bits per heavy atom. The minimum Gasteiger partial charge on any atom is -0.465 e. The number of sulfonamides is 1. The molecular weight excluding hydrogens is 276 g/mol. The zero-order chi connectivity index (χ0) is 13.8. The zero-order valence-electron chi connectivity index (χ0n) is 9.84. The maximum Gasteiger partial charge on any atom is 0.323 e. The molecule has 1 heterocycles. The van der Waals surface area contributed by atoms with Gasteiger partial charge in [0.2, 0.25) is 0 Å². The summed E-state index contributed by atoms with van der Waals surface area (Å²) < 4.78 is 30.6. The summed E-state index contributed by atoms with van der Waals surface area (Å²) in [6, 6.07) is 3.61. The number of nitriles is 1. The molecule has 1 unspecified atom stereocenters. The Labute approximate surface area is 109 Å². The van der Waals surface area contributed by atoms with Gasteiger partial charge in [0.15, 0.2) is 0 Å². The molecule has 6 nitrogen and oxygen atoms in total. The number of carbonyl (C=O) groups excluding carboxylic acids is 1. The van der Waals surface area contributed by atoms with Crippen LogP contribution in [0.2, 0.25) is 0 Å². The third-order valence-electron chi connectivity index (χ3n) is 1.93. The van der Waals surface area contributed by atoms with Crippen molar-refractivity contribution in [3.8, 4) is 6.07 Å². The Hall–Kier alpha value is -1.43. The standard InChI is InChI=1S/C10H12N2O4S2/c1-3-16-10(13)7(2)12-18(14,15)9-5-4-8(6-11)17-9/h4-5,7,12H,3H2,1-2H3. The van der Waals surface area contributed by atoms with Gasteiger partial charge in [0.25, 0.3) is 10.0 Å². The first-order chi connectivity index (χ1) is 8.40. The lowest BCUT2D eigenvalue weighted by Crippen LogP contribution is -2.39. The summed E-state index contributed by atoms with van der Waals surface area (Å²) >= 11 is 0.843. The molecule has 0 aliphatic carbocycles. The molecule has 0 saturated heterocycles. The summed E-state index contributed by atoms with van der Waals surface area (Å²) in [5.74, 6) is -0.641. The third-order valence-corrected chi connectivity index (χ3v) is 4.95. The molecule has 1 aromatic heterocycles. The lowest BCUT2D eigenvalue weighted by molar-refractivity contribution is -0.144. The third kappa shape index (κ3) is 3.53. The molecule has 0 fully saturated rings. The number of rotatable bonds is 5. The fraction of sp³-hybridized carbons (Fsp3) is 0.400. The molecule has 0 radical (unpaired) electrons. The van der Waals surface area contributed by atoms with Crippen LogP contribution in [0.5, 0.6) is 0 Å². The summed E-state index contributed by atoms with van der Waals surface area (Å²) in [4.78, 5) is 11.6. The molecule has 0 aliphatic heterocycles. The highest BCUT2D eigenvalue weighted by Crippen LogP contribution is 2.20. The number of carbonyl (C=O) groups is 1. The Morgan fingerprint density at radius 2 is 2.28 bits per heavy atom. The van der Waals surface area contributed by atoms with Crippen LogP contribution in [0.3, 0.4) is 0 Å². The number of hydrogen-bond acceptors (Lipinski definition) is 6. The van der Waals surface area contributed by atoms with Crippen molar-refractivity contribution in [1.82, 2.24) is 4.72 Å². The molecule has 0 amide bonds. The van der Waals surface area contributed by atoms with Crippen LogP contribution in [-0.2, 0) is 19.6 Å². The molecule has 1 atom stereocenters. The van der Waals surface area contributed by atoms with E-state index in [0.29, 0.717) is 4.88 Å². The van der Waals surface area contributed by atoms with Gasteiger partial charge >= 0.3 is 5.97 Å². The van der Waals surface area contributed by atoms with Crippen LogP contribution in [-0.4, -0.2) is 27.0 Å². The predicted molar refractivity (Wildman–Crippen MR) is 65.5 cm³/mol. The van der Waals surface area contributed by atoms with Crippen LogP contribution in [0.15, 0.2) is 16.3 Å². The molecule has 0 saturated carbocycles. The summed E-state index contributed by atoms with van der Waals surface area (Å²) in [5, 5.41) is 8.63. The zero-order valence-corrected chi connectivity index (χ0v) is 11.5. The largest absolute Gasteiger partial charge is 0.465 e. The van der Waals surface area contributed by atoms with E-state index in [4.69, 9.17) is 10.00 Å². The molecular formula is C10H12N2O4S2. The van der Waals surface area contributed by atoms with Gasteiger partial charge in [0, 0.05) is 0 Å². The van der Waals surface area contributed by atoms with Crippen molar-refractivity contribution in [1.29, 1.82) is 5.26 Å². The fourth-order valence-electron chi connectivity index (χ4n) is 1.13. The summed E-state index contributed by atoms with van der Waals surface area (Å²) in [6.07, 6.45) is 0. The SMILES string of the molecule is CCOC(=O)C(C)NS(=O)(=O)c1ccc(C#N)s1. The van der Waals surface area contributed by atoms with Crippen molar-refractivity contribution >= 4 is 27.3 Å².